The standard InChI is InChI=1S/C19H19N3O.2C2H6/c1-14-8-7-11-16-18(17(23)12-13-21(2)3)19(20-22(14)16)15-9-5-4-6-10-15;2*1-2/h4-13H,1-3H3;2*1-2H3/b13-12+;;. The summed E-state index contributed by atoms with van der Waals surface area (Å²) in [7, 11) is 3.78. The summed E-state index contributed by atoms with van der Waals surface area (Å²) >= 11 is 0. The van der Waals surface area contributed by atoms with Gasteiger partial charge in [-0.25, -0.2) is 4.52 Å². The number of rotatable bonds is 4. The number of benzene rings is 1. The number of aryl methyl sites for hydroxylation is 1. The predicted octanol–water partition coefficient (Wildman–Crippen LogP) is 5.62. The number of fused-ring (bicyclic) bond motifs is 1. The molecule has 1 aromatic carbocycles. The normalized spacial score (nSPS) is 10.0. The average Bonchev–Trinajstić information content (AvgIpc) is 3.11. The summed E-state index contributed by atoms with van der Waals surface area (Å²) < 4.78 is 1.83. The van der Waals surface area contributed by atoms with Crippen molar-refractivity contribution in [3.8, 4) is 11.3 Å². The number of allylic oxidation sites excluding steroid dienone is 1. The van der Waals surface area contributed by atoms with Crippen LogP contribution in [0, 0.1) is 6.92 Å². The number of hydrogen-bond donors (Lipinski definition) is 0. The summed E-state index contributed by atoms with van der Waals surface area (Å²) in [5.41, 5.74) is 4.12. The van der Waals surface area contributed by atoms with Gasteiger partial charge < -0.3 is 4.90 Å². The third-order valence-corrected chi connectivity index (χ3v) is 3.66. The summed E-state index contributed by atoms with van der Waals surface area (Å²) in [6.45, 7) is 9.98. The number of aromatic nitrogens is 2. The molecule has 27 heavy (non-hydrogen) atoms. The largest absolute Gasteiger partial charge is 0.383 e. The van der Waals surface area contributed by atoms with E-state index in [1.165, 1.54) is 0 Å². The molecule has 0 radical (unpaired) electrons. The lowest BCUT2D eigenvalue weighted by atomic mass is 10.0. The van der Waals surface area contributed by atoms with Crippen molar-refractivity contribution in [1.29, 1.82) is 0 Å². The van der Waals surface area contributed by atoms with Gasteiger partial charge in [0.2, 0.25) is 0 Å². The van der Waals surface area contributed by atoms with Crippen molar-refractivity contribution >= 4 is 11.3 Å². The van der Waals surface area contributed by atoms with Gasteiger partial charge in [-0.05, 0) is 19.1 Å². The van der Waals surface area contributed by atoms with Crippen LogP contribution in [0.3, 0.4) is 0 Å². The molecule has 0 aliphatic rings. The van der Waals surface area contributed by atoms with E-state index in [4.69, 9.17) is 0 Å². The van der Waals surface area contributed by atoms with Gasteiger partial charge in [-0.15, -0.1) is 0 Å². The number of hydrogen-bond acceptors (Lipinski definition) is 3. The van der Waals surface area contributed by atoms with Gasteiger partial charge in [-0.1, -0.05) is 64.1 Å². The number of nitrogens with zero attached hydrogens (tertiary/aromatic N) is 3. The Morgan fingerprint density at radius 2 is 1.59 bits per heavy atom. The molecular formula is C23H31N3O. The first-order chi connectivity index (χ1) is 13.1. The second kappa shape index (κ2) is 11.0. The highest BCUT2D eigenvalue weighted by atomic mass is 16.1. The molecular weight excluding hydrogens is 334 g/mol. The zero-order valence-corrected chi connectivity index (χ0v) is 17.5. The molecule has 0 atom stereocenters. The van der Waals surface area contributed by atoms with Gasteiger partial charge in [0.05, 0.1) is 11.1 Å². The SMILES string of the molecule is CC.CC.Cc1cccc2c(C(=O)/C=C/N(C)C)c(-c3ccccc3)nn12. The molecule has 0 fully saturated rings. The molecule has 0 bridgehead atoms. The number of pyridine rings is 1. The van der Waals surface area contributed by atoms with Crippen LogP contribution in [-0.2, 0) is 0 Å². The highest BCUT2D eigenvalue weighted by Crippen LogP contribution is 2.27. The monoisotopic (exact) mass is 365 g/mol. The fourth-order valence-electron chi connectivity index (χ4n) is 2.54. The minimum absolute atomic E-state index is 0.0434. The Morgan fingerprint density at radius 3 is 2.19 bits per heavy atom. The van der Waals surface area contributed by atoms with Crippen LogP contribution in [-0.4, -0.2) is 34.4 Å². The minimum Gasteiger partial charge on any atom is -0.383 e. The number of carbonyl (C=O) groups excluding carboxylic acids is 1. The Balaban J connectivity index is 0.000000855. The maximum Gasteiger partial charge on any atom is 0.191 e. The first kappa shape index (κ1) is 22.2. The minimum atomic E-state index is -0.0434. The lowest BCUT2D eigenvalue weighted by Gasteiger charge is -2.04. The zero-order chi connectivity index (χ0) is 20.4. The highest BCUT2D eigenvalue weighted by Gasteiger charge is 2.19. The Kier molecular flexibility index (Phi) is 9.00. The lowest BCUT2D eigenvalue weighted by Crippen LogP contribution is -2.03. The van der Waals surface area contributed by atoms with Crippen molar-refractivity contribution < 1.29 is 4.79 Å². The van der Waals surface area contributed by atoms with Crippen LogP contribution in [0.5, 0.6) is 0 Å². The van der Waals surface area contributed by atoms with Crippen molar-refractivity contribution in [3.05, 3.63) is 72.1 Å². The Morgan fingerprint density at radius 1 is 0.963 bits per heavy atom. The Bertz CT molecular complexity index is 877. The van der Waals surface area contributed by atoms with Gasteiger partial charge in [0.1, 0.15) is 5.69 Å². The lowest BCUT2D eigenvalue weighted by molar-refractivity contribution is 0.104. The molecule has 0 aliphatic carbocycles. The molecule has 0 spiro atoms. The van der Waals surface area contributed by atoms with Gasteiger partial charge in [0, 0.05) is 37.6 Å². The molecule has 144 valence electrons. The molecule has 2 heterocycles. The van der Waals surface area contributed by atoms with Gasteiger partial charge >= 0.3 is 0 Å². The van der Waals surface area contributed by atoms with Crippen molar-refractivity contribution in [2.75, 3.05) is 14.1 Å². The van der Waals surface area contributed by atoms with E-state index in [-0.39, 0.29) is 5.78 Å². The van der Waals surface area contributed by atoms with Crippen LogP contribution in [0.15, 0.2) is 60.8 Å². The van der Waals surface area contributed by atoms with E-state index in [1.807, 2.05) is 107 Å². The molecule has 0 saturated carbocycles. The fraction of sp³-hybridized carbons (Fsp3) is 0.304. The molecule has 4 nitrogen and oxygen atoms in total. The molecule has 3 aromatic rings. The molecule has 0 N–H and O–H groups in total. The van der Waals surface area contributed by atoms with Gasteiger partial charge in [0.15, 0.2) is 5.78 Å². The van der Waals surface area contributed by atoms with Crippen LogP contribution < -0.4 is 0 Å². The van der Waals surface area contributed by atoms with Gasteiger partial charge in [0.25, 0.3) is 0 Å². The molecule has 0 unspecified atom stereocenters. The summed E-state index contributed by atoms with van der Waals surface area (Å²) in [6, 6.07) is 15.7. The Hall–Kier alpha value is -2.88. The summed E-state index contributed by atoms with van der Waals surface area (Å²) in [4.78, 5) is 14.6. The van der Waals surface area contributed by atoms with E-state index < -0.39 is 0 Å². The van der Waals surface area contributed by atoms with Crippen LogP contribution in [0.25, 0.3) is 16.8 Å². The van der Waals surface area contributed by atoms with Crippen LogP contribution in [0.1, 0.15) is 43.7 Å². The van der Waals surface area contributed by atoms with E-state index in [9.17, 15) is 4.79 Å². The predicted molar refractivity (Wildman–Crippen MR) is 115 cm³/mol. The van der Waals surface area contributed by atoms with Crippen LogP contribution in [0.2, 0.25) is 0 Å². The first-order valence-corrected chi connectivity index (χ1v) is 9.50. The molecule has 0 saturated heterocycles. The second-order valence-corrected chi connectivity index (χ2v) is 5.70. The van der Waals surface area contributed by atoms with E-state index >= 15 is 0 Å². The van der Waals surface area contributed by atoms with Crippen molar-refractivity contribution in [1.82, 2.24) is 14.5 Å². The number of ketones is 1. The van der Waals surface area contributed by atoms with Crippen LogP contribution in [0.4, 0.5) is 0 Å². The van der Waals surface area contributed by atoms with E-state index in [0.717, 1.165) is 16.8 Å². The quantitative estimate of drug-likeness (QED) is 0.445. The van der Waals surface area contributed by atoms with E-state index in [2.05, 4.69) is 5.10 Å². The molecule has 0 amide bonds. The van der Waals surface area contributed by atoms with E-state index in [0.29, 0.717) is 11.3 Å². The maximum atomic E-state index is 12.8. The van der Waals surface area contributed by atoms with Crippen molar-refractivity contribution in [2.24, 2.45) is 0 Å². The molecule has 0 aliphatic heterocycles. The van der Waals surface area contributed by atoms with Crippen LogP contribution >= 0.6 is 0 Å². The van der Waals surface area contributed by atoms with Gasteiger partial charge in [-0.2, -0.15) is 5.10 Å². The summed E-state index contributed by atoms with van der Waals surface area (Å²) in [6.07, 6.45) is 3.35. The third-order valence-electron chi connectivity index (χ3n) is 3.66. The van der Waals surface area contributed by atoms with Crippen molar-refractivity contribution in [3.63, 3.8) is 0 Å². The summed E-state index contributed by atoms with van der Waals surface area (Å²) in [5.74, 6) is -0.0434. The third kappa shape index (κ3) is 5.30. The Labute approximate surface area is 163 Å². The number of carbonyl (C=O) groups is 1. The summed E-state index contributed by atoms with van der Waals surface area (Å²) in [5, 5.41) is 4.68. The second-order valence-electron chi connectivity index (χ2n) is 5.70. The zero-order valence-electron chi connectivity index (χ0n) is 17.5. The molecule has 4 heteroatoms. The average molecular weight is 366 g/mol. The highest BCUT2D eigenvalue weighted by molar-refractivity contribution is 6.13. The smallest absolute Gasteiger partial charge is 0.191 e. The van der Waals surface area contributed by atoms with E-state index in [1.54, 1.807) is 12.3 Å². The van der Waals surface area contributed by atoms with Gasteiger partial charge in [-0.3, -0.25) is 4.79 Å². The first-order valence-electron chi connectivity index (χ1n) is 9.50. The molecule has 2 aromatic heterocycles. The molecule has 3 rings (SSSR count). The maximum absolute atomic E-state index is 12.8. The van der Waals surface area contributed by atoms with Crippen molar-refractivity contribution in [2.45, 2.75) is 34.6 Å². The topological polar surface area (TPSA) is 37.6 Å². The fourth-order valence-corrected chi connectivity index (χ4v) is 2.54.